The number of hydrogen-bond acceptors (Lipinski definition) is 2. The molecule has 0 radical (unpaired) electrons. The highest BCUT2D eigenvalue weighted by atomic mass is 32.2. The molecule has 2 heteroatoms. The summed E-state index contributed by atoms with van der Waals surface area (Å²) in [6.45, 7) is 7.23. The molecule has 1 N–H and O–H groups in total. The minimum Gasteiger partial charge on any atom is -0.390 e. The van der Waals surface area contributed by atoms with Gasteiger partial charge >= 0.3 is 0 Å². The molecule has 1 heterocycles. The van der Waals surface area contributed by atoms with E-state index in [0.717, 1.165) is 34.8 Å². The van der Waals surface area contributed by atoms with E-state index in [4.69, 9.17) is 0 Å². The van der Waals surface area contributed by atoms with Gasteiger partial charge in [-0.25, -0.2) is 0 Å². The summed E-state index contributed by atoms with van der Waals surface area (Å²) < 4.78 is 0.733. The third kappa shape index (κ3) is 1.92. The van der Waals surface area contributed by atoms with Gasteiger partial charge in [-0.15, -0.1) is 0 Å². The summed E-state index contributed by atoms with van der Waals surface area (Å²) >= 11 is 2.26. The first kappa shape index (κ1) is 15.6. The predicted molar refractivity (Wildman–Crippen MR) is 97.5 cm³/mol. The fourth-order valence-corrected chi connectivity index (χ4v) is 8.95. The molecule has 1 aliphatic heterocycles. The summed E-state index contributed by atoms with van der Waals surface area (Å²) in [7, 11) is 0. The molecule has 0 aromatic rings. The van der Waals surface area contributed by atoms with Crippen molar-refractivity contribution in [3.63, 3.8) is 0 Å². The molecule has 0 unspecified atom stereocenters. The molecule has 1 spiro atoms. The SMILES string of the molecule is C[C@]12CC[C@@]3(CS3)C[C@H]1CC[C@H]1[C@H]2CC[C@@]2(C)[C@H]1CC[C@]2(C)O. The fraction of sp³-hybridized carbons (Fsp3) is 1.00. The van der Waals surface area contributed by atoms with Gasteiger partial charge in [-0.05, 0) is 99.2 Å². The van der Waals surface area contributed by atoms with Crippen molar-refractivity contribution >= 4 is 11.8 Å². The second kappa shape index (κ2) is 4.53. The maximum atomic E-state index is 11.0. The van der Waals surface area contributed by atoms with Crippen LogP contribution in [0.1, 0.15) is 78.6 Å². The molecule has 0 amide bonds. The van der Waals surface area contributed by atoms with E-state index in [1.165, 1.54) is 57.1 Å². The van der Waals surface area contributed by atoms with Gasteiger partial charge < -0.3 is 5.11 Å². The van der Waals surface area contributed by atoms with Crippen LogP contribution in [0.5, 0.6) is 0 Å². The van der Waals surface area contributed by atoms with Crippen molar-refractivity contribution in [1.82, 2.24) is 0 Å². The van der Waals surface area contributed by atoms with Gasteiger partial charge in [-0.2, -0.15) is 11.8 Å². The fourth-order valence-electron chi connectivity index (χ4n) is 7.92. The highest BCUT2D eigenvalue weighted by Gasteiger charge is 2.64. The summed E-state index contributed by atoms with van der Waals surface area (Å²) in [4.78, 5) is 0. The molecule has 5 rings (SSSR count). The summed E-state index contributed by atoms with van der Waals surface area (Å²) in [6, 6.07) is 0. The van der Waals surface area contributed by atoms with Crippen molar-refractivity contribution in [1.29, 1.82) is 0 Å². The molecule has 0 bridgehead atoms. The number of thioether (sulfide) groups is 1. The molecule has 8 atom stereocenters. The van der Waals surface area contributed by atoms with E-state index in [1.54, 1.807) is 0 Å². The Bertz CT molecular complexity index is 524. The maximum absolute atomic E-state index is 11.0. The minimum atomic E-state index is -0.415. The number of rotatable bonds is 0. The van der Waals surface area contributed by atoms with Gasteiger partial charge in [0.2, 0.25) is 0 Å². The second-order valence-electron chi connectivity index (χ2n) is 10.6. The molecule has 1 nitrogen and oxygen atoms in total. The van der Waals surface area contributed by atoms with E-state index in [2.05, 4.69) is 32.5 Å². The largest absolute Gasteiger partial charge is 0.390 e. The zero-order valence-corrected chi connectivity index (χ0v) is 16.1. The van der Waals surface area contributed by atoms with E-state index >= 15 is 0 Å². The molecule has 5 fully saturated rings. The summed E-state index contributed by atoms with van der Waals surface area (Å²) in [5.74, 6) is 5.11. The van der Waals surface area contributed by atoms with Crippen LogP contribution in [-0.2, 0) is 0 Å². The summed E-state index contributed by atoms with van der Waals surface area (Å²) in [5, 5.41) is 11.0. The highest BCUT2D eigenvalue weighted by molar-refractivity contribution is 8.07. The highest BCUT2D eigenvalue weighted by Crippen LogP contribution is 2.71. The first-order chi connectivity index (χ1) is 10.8. The van der Waals surface area contributed by atoms with Crippen molar-refractivity contribution in [2.24, 2.45) is 34.5 Å². The third-order valence-corrected chi connectivity index (χ3v) is 11.4. The number of fused-ring (bicyclic) bond motifs is 5. The molecule has 0 aromatic carbocycles. The van der Waals surface area contributed by atoms with Gasteiger partial charge in [0.15, 0.2) is 0 Å². The lowest BCUT2D eigenvalue weighted by molar-refractivity contribution is -0.146. The van der Waals surface area contributed by atoms with E-state index in [-0.39, 0.29) is 5.41 Å². The van der Waals surface area contributed by atoms with Gasteiger partial charge in [-0.1, -0.05) is 13.8 Å². The van der Waals surface area contributed by atoms with Crippen molar-refractivity contribution < 1.29 is 5.11 Å². The van der Waals surface area contributed by atoms with E-state index < -0.39 is 5.60 Å². The first-order valence-electron chi connectivity index (χ1n) is 10.2. The van der Waals surface area contributed by atoms with Crippen LogP contribution in [0.2, 0.25) is 0 Å². The topological polar surface area (TPSA) is 20.2 Å². The predicted octanol–water partition coefficient (Wildman–Crippen LogP) is 5.27. The van der Waals surface area contributed by atoms with Gasteiger partial charge in [0.1, 0.15) is 0 Å². The van der Waals surface area contributed by atoms with Gasteiger partial charge in [-0.3, -0.25) is 0 Å². The van der Waals surface area contributed by atoms with Gasteiger partial charge in [0, 0.05) is 10.5 Å². The lowest BCUT2D eigenvalue weighted by Crippen LogP contribution is -2.56. The Morgan fingerprint density at radius 1 is 0.870 bits per heavy atom. The smallest absolute Gasteiger partial charge is 0.0675 e. The van der Waals surface area contributed by atoms with Crippen LogP contribution in [-0.4, -0.2) is 21.2 Å². The lowest BCUT2D eigenvalue weighted by Gasteiger charge is -2.61. The zero-order valence-electron chi connectivity index (χ0n) is 15.2. The monoisotopic (exact) mass is 334 g/mol. The van der Waals surface area contributed by atoms with E-state index in [9.17, 15) is 5.11 Å². The molecule has 23 heavy (non-hydrogen) atoms. The molecule has 4 aliphatic carbocycles. The normalized spacial score (nSPS) is 64.2. The van der Waals surface area contributed by atoms with Crippen molar-refractivity contribution in [2.75, 3.05) is 5.75 Å². The second-order valence-corrected chi connectivity index (χ2v) is 12.0. The third-order valence-electron chi connectivity index (χ3n) is 9.92. The van der Waals surface area contributed by atoms with Crippen LogP contribution in [0.25, 0.3) is 0 Å². The first-order valence-corrected chi connectivity index (χ1v) is 11.1. The molecule has 1 saturated heterocycles. The van der Waals surface area contributed by atoms with Crippen LogP contribution in [0.3, 0.4) is 0 Å². The quantitative estimate of drug-likeness (QED) is 0.609. The van der Waals surface area contributed by atoms with E-state index in [0.29, 0.717) is 5.41 Å². The van der Waals surface area contributed by atoms with Crippen molar-refractivity contribution in [3.8, 4) is 0 Å². The molecule has 130 valence electrons. The Hall–Kier alpha value is 0.310. The lowest BCUT2D eigenvalue weighted by atomic mass is 9.44. The maximum Gasteiger partial charge on any atom is 0.0675 e. The van der Waals surface area contributed by atoms with Crippen LogP contribution in [0.15, 0.2) is 0 Å². The van der Waals surface area contributed by atoms with Crippen LogP contribution in [0.4, 0.5) is 0 Å². The Labute approximate surface area is 146 Å². The number of aliphatic hydroxyl groups is 1. The summed E-state index contributed by atoms with van der Waals surface area (Å²) in [6.07, 6.45) is 12.4. The van der Waals surface area contributed by atoms with Crippen molar-refractivity contribution in [3.05, 3.63) is 0 Å². The van der Waals surface area contributed by atoms with Gasteiger partial charge in [0.25, 0.3) is 0 Å². The molecule has 0 aromatic heterocycles. The van der Waals surface area contributed by atoms with Crippen LogP contribution >= 0.6 is 11.8 Å². The van der Waals surface area contributed by atoms with E-state index in [1.807, 2.05) is 0 Å². The standard InChI is InChI=1S/C21H34OS/c1-18-10-11-21(13-23-21)12-14(18)4-5-15-16(18)6-8-19(2)17(15)7-9-20(19,3)22/h14-17,22H,4-13H2,1-3H3/t14-,15+,16-,17+,18+,19+,20+,21+/m1/s1. The number of hydrogen-bond donors (Lipinski definition) is 1. The molecule has 4 saturated carbocycles. The minimum absolute atomic E-state index is 0.194. The Balaban J connectivity index is 1.45. The average molecular weight is 335 g/mol. The average Bonchev–Trinajstić information content (AvgIpc) is 3.21. The molecular weight excluding hydrogens is 300 g/mol. The molecular formula is C21H34OS. The van der Waals surface area contributed by atoms with Crippen LogP contribution < -0.4 is 0 Å². The van der Waals surface area contributed by atoms with Gasteiger partial charge in [0.05, 0.1) is 5.60 Å². The Morgan fingerprint density at radius 2 is 1.61 bits per heavy atom. The Morgan fingerprint density at radius 3 is 2.35 bits per heavy atom. The summed E-state index contributed by atoms with van der Waals surface area (Å²) in [5.41, 5.74) is 0.397. The van der Waals surface area contributed by atoms with Crippen LogP contribution in [0, 0.1) is 34.5 Å². The molecule has 5 aliphatic rings. The van der Waals surface area contributed by atoms with Crippen molar-refractivity contribution in [2.45, 2.75) is 88.9 Å². The Kier molecular flexibility index (Phi) is 3.06. The zero-order chi connectivity index (χ0) is 16.1.